The summed E-state index contributed by atoms with van der Waals surface area (Å²) in [5.74, 6) is 0.673. The number of hydrogen-bond donors (Lipinski definition) is 1. The fourth-order valence-electron chi connectivity index (χ4n) is 1.95. The molecule has 1 aromatic carbocycles. The number of pyridine rings is 1. The predicted molar refractivity (Wildman–Crippen MR) is 82.3 cm³/mol. The Balaban J connectivity index is 1.91. The van der Waals surface area contributed by atoms with Crippen LogP contribution in [0, 0.1) is 0 Å². The van der Waals surface area contributed by atoms with Gasteiger partial charge in [0.2, 0.25) is 0 Å². The zero-order valence-corrected chi connectivity index (χ0v) is 13.1. The number of halogens is 2. The van der Waals surface area contributed by atoms with Gasteiger partial charge >= 0.3 is 0 Å². The second-order valence-corrected chi connectivity index (χ2v) is 5.55. The van der Waals surface area contributed by atoms with E-state index < -0.39 is 0 Å². The maximum atomic E-state index is 12.4. The second-order valence-electron chi connectivity index (χ2n) is 4.28. The molecule has 0 aliphatic carbocycles. The molecule has 1 aliphatic rings. The van der Waals surface area contributed by atoms with Gasteiger partial charge in [0, 0.05) is 10.7 Å². The molecule has 1 amide bonds. The molecule has 108 valence electrons. The molecule has 5 nitrogen and oxygen atoms in total. The van der Waals surface area contributed by atoms with Gasteiger partial charge in [0.1, 0.15) is 13.2 Å². The van der Waals surface area contributed by atoms with Gasteiger partial charge in [-0.2, -0.15) is 0 Å². The van der Waals surface area contributed by atoms with Crippen LogP contribution in [0.15, 0.2) is 34.9 Å². The number of fused-ring (bicyclic) bond motifs is 1. The van der Waals surface area contributed by atoms with Crippen LogP contribution in [0.2, 0.25) is 5.15 Å². The number of hydrogen-bond acceptors (Lipinski definition) is 4. The first-order valence-electron chi connectivity index (χ1n) is 6.16. The summed E-state index contributed by atoms with van der Waals surface area (Å²) in [5, 5.41) is 2.93. The van der Waals surface area contributed by atoms with Crippen LogP contribution >= 0.6 is 27.5 Å². The summed E-state index contributed by atoms with van der Waals surface area (Å²) in [6.07, 6.45) is 1.55. The van der Waals surface area contributed by atoms with Crippen molar-refractivity contribution in [3.8, 4) is 11.5 Å². The summed E-state index contributed by atoms with van der Waals surface area (Å²) in [6, 6.07) is 6.85. The van der Waals surface area contributed by atoms with Crippen molar-refractivity contribution in [3.05, 3.63) is 45.7 Å². The van der Waals surface area contributed by atoms with E-state index in [1.165, 1.54) is 0 Å². The Hall–Kier alpha value is -1.79. The summed E-state index contributed by atoms with van der Waals surface area (Å²) >= 11 is 9.25. The molecular weight excluding hydrogens is 360 g/mol. The van der Waals surface area contributed by atoms with Gasteiger partial charge < -0.3 is 14.8 Å². The lowest BCUT2D eigenvalue weighted by molar-refractivity contribution is 0.101. The van der Waals surface area contributed by atoms with Gasteiger partial charge in [-0.05, 0) is 34.1 Å². The summed E-state index contributed by atoms with van der Waals surface area (Å²) in [7, 11) is 0. The Labute approximate surface area is 134 Å². The Morgan fingerprint density at radius 2 is 2.14 bits per heavy atom. The van der Waals surface area contributed by atoms with Gasteiger partial charge in [-0.15, -0.1) is 0 Å². The van der Waals surface area contributed by atoms with Crippen molar-refractivity contribution < 1.29 is 14.3 Å². The van der Waals surface area contributed by atoms with E-state index in [2.05, 4.69) is 26.2 Å². The van der Waals surface area contributed by atoms with E-state index >= 15 is 0 Å². The monoisotopic (exact) mass is 368 g/mol. The summed E-state index contributed by atoms with van der Waals surface area (Å²) in [4.78, 5) is 16.4. The highest BCUT2D eigenvalue weighted by atomic mass is 79.9. The third-order valence-corrected chi connectivity index (χ3v) is 3.60. The quantitative estimate of drug-likeness (QED) is 0.823. The molecular formula is C14H10BrClN2O3. The molecule has 0 radical (unpaired) electrons. The fourth-order valence-corrected chi connectivity index (χ4v) is 2.43. The van der Waals surface area contributed by atoms with Crippen LogP contribution in [0.4, 0.5) is 5.69 Å². The lowest BCUT2D eigenvalue weighted by atomic mass is 10.1. The Kier molecular flexibility index (Phi) is 3.98. The summed E-state index contributed by atoms with van der Waals surface area (Å²) < 4.78 is 11.7. The SMILES string of the molecule is O=C(Nc1cc(Br)cnc1Cl)c1cccc2c1OCCO2. The van der Waals surface area contributed by atoms with Crippen LogP contribution in [0.1, 0.15) is 10.4 Å². The highest BCUT2D eigenvalue weighted by Gasteiger charge is 2.21. The Bertz CT molecular complexity index is 709. The molecule has 1 aromatic heterocycles. The maximum Gasteiger partial charge on any atom is 0.259 e. The second kappa shape index (κ2) is 5.91. The molecule has 1 N–H and O–H groups in total. The summed E-state index contributed by atoms with van der Waals surface area (Å²) in [6.45, 7) is 0.885. The maximum absolute atomic E-state index is 12.4. The number of ether oxygens (including phenoxy) is 2. The van der Waals surface area contributed by atoms with Crippen LogP contribution in [-0.2, 0) is 0 Å². The molecule has 3 rings (SSSR count). The number of nitrogens with one attached hydrogen (secondary N) is 1. The van der Waals surface area contributed by atoms with Crippen LogP contribution in [0.5, 0.6) is 11.5 Å². The van der Waals surface area contributed by atoms with Crippen LogP contribution < -0.4 is 14.8 Å². The zero-order valence-electron chi connectivity index (χ0n) is 10.7. The molecule has 1 aliphatic heterocycles. The first kappa shape index (κ1) is 14.2. The van der Waals surface area contributed by atoms with Crippen LogP contribution in [0.25, 0.3) is 0 Å². The van der Waals surface area contributed by atoms with Crippen molar-refractivity contribution in [2.24, 2.45) is 0 Å². The van der Waals surface area contributed by atoms with E-state index in [0.29, 0.717) is 36.0 Å². The minimum absolute atomic E-state index is 0.216. The number of nitrogens with zero attached hydrogens (tertiary/aromatic N) is 1. The van der Waals surface area contributed by atoms with Crippen molar-refractivity contribution in [2.75, 3.05) is 18.5 Å². The van der Waals surface area contributed by atoms with Gasteiger partial charge in [-0.1, -0.05) is 17.7 Å². The van der Waals surface area contributed by atoms with Crippen LogP contribution in [-0.4, -0.2) is 24.1 Å². The zero-order chi connectivity index (χ0) is 14.8. The highest BCUT2D eigenvalue weighted by molar-refractivity contribution is 9.10. The lowest BCUT2D eigenvalue weighted by Crippen LogP contribution is -2.20. The predicted octanol–water partition coefficient (Wildman–Crippen LogP) is 3.52. The number of aromatic nitrogens is 1. The topological polar surface area (TPSA) is 60.5 Å². The molecule has 0 bridgehead atoms. The van der Waals surface area contributed by atoms with Crippen molar-refractivity contribution in [3.63, 3.8) is 0 Å². The van der Waals surface area contributed by atoms with E-state index in [1.807, 2.05) is 0 Å². The minimum Gasteiger partial charge on any atom is -0.486 e. The number of carbonyl (C=O) groups is 1. The van der Waals surface area contributed by atoms with E-state index in [4.69, 9.17) is 21.1 Å². The molecule has 0 atom stereocenters. The third kappa shape index (κ3) is 2.96. The molecule has 21 heavy (non-hydrogen) atoms. The number of rotatable bonds is 2. The molecule has 0 unspecified atom stereocenters. The average molecular weight is 370 g/mol. The Morgan fingerprint density at radius 3 is 3.00 bits per heavy atom. The molecule has 7 heteroatoms. The minimum atomic E-state index is -0.334. The van der Waals surface area contributed by atoms with E-state index in [-0.39, 0.29) is 11.1 Å². The molecule has 0 spiro atoms. The molecule has 0 saturated carbocycles. The normalized spacial score (nSPS) is 12.9. The van der Waals surface area contributed by atoms with Crippen molar-refractivity contribution >= 4 is 39.1 Å². The van der Waals surface area contributed by atoms with Crippen LogP contribution in [0.3, 0.4) is 0 Å². The molecule has 2 heterocycles. The lowest BCUT2D eigenvalue weighted by Gasteiger charge is -2.20. The number of para-hydroxylation sites is 1. The number of amides is 1. The molecule has 0 fully saturated rings. The Morgan fingerprint density at radius 1 is 1.33 bits per heavy atom. The largest absolute Gasteiger partial charge is 0.486 e. The third-order valence-electron chi connectivity index (χ3n) is 2.86. The van der Waals surface area contributed by atoms with Crippen molar-refractivity contribution in [2.45, 2.75) is 0 Å². The number of anilines is 1. The van der Waals surface area contributed by atoms with Gasteiger partial charge in [0.05, 0.1) is 11.3 Å². The number of carbonyl (C=O) groups excluding carboxylic acids is 1. The van der Waals surface area contributed by atoms with Gasteiger partial charge in [-0.3, -0.25) is 4.79 Å². The highest BCUT2D eigenvalue weighted by Crippen LogP contribution is 2.34. The fraction of sp³-hybridized carbons (Fsp3) is 0.143. The van der Waals surface area contributed by atoms with Crippen molar-refractivity contribution in [1.29, 1.82) is 0 Å². The van der Waals surface area contributed by atoms with Gasteiger partial charge in [0.15, 0.2) is 16.7 Å². The first-order chi connectivity index (χ1) is 10.1. The van der Waals surface area contributed by atoms with E-state index in [0.717, 1.165) is 4.47 Å². The molecule has 0 saturated heterocycles. The molecule has 2 aromatic rings. The summed E-state index contributed by atoms with van der Waals surface area (Å²) in [5.41, 5.74) is 0.814. The van der Waals surface area contributed by atoms with Gasteiger partial charge in [-0.25, -0.2) is 4.98 Å². The average Bonchev–Trinajstić information content (AvgIpc) is 2.50. The first-order valence-corrected chi connectivity index (χ1v) is 7.33. The number of benzene rings is 1. The smallest absolute Gasteiger partial charge is 0.259 e. The van der Waals surface area contributed by atoms with E-state index in [1.54, 1.807) is 30.5 Å². The van der Waals surface area contributed by atoms with Crippen molar-refractivity contribution in [1.82, 2.24) is 4.98 Å². The van der Waals surface area contributed by atoms with E-state index in [9.17, 15) is 4.79 Å². The standard InChI is InChI=1S/C14H10BrClN2O3/c15-8-6-10(13(16)17-7-8)18-14(19)9-2-1-3-11-12(9)21-5-4-20-11/h1-3,6-7H,4-5H2,(H,18,19). The van der Waals surface area contributed by atoms with Gasteiger partial charge in [0.25, 0.3) is 5.91 Å².